The maximum absolute atomic E-state index is 2.45. The Morgan fingerprint density at radius 3 is 1.91 bits per heavy atom. The van der Waals surface area contributed by atoms with Crippen molar-refractivity contribution >= 4 is 0 Å². The first kappa shape index (κ1) is 11.0. The van der Waals surface area contributed by atoms with E-state index in [1.54, 1.807) is 0 Å². The highest BCUT2D eigenvalue weighted by molar-refractivity contribution is 4.82. The summed E-state index contributed by atoms with van der Waals surface area (Å²) in [7, 11) is 2.22. The Balaban J connectivity index is 0.000000461. The van der Waals surface area contributed by atoms with Gasteiger partial charge in [-0.1, -0.05) is 20.3 Å². The molecule has 1 aliphatic rings. The Labute approximate surface area is 71.8 Å². The first-order valence-electron chi connectivity index (χ1n) is 4.84. The molecule has 0 saturated carbocycles. The molecule has 1 aliphatic heterocycles. The molecule has 0 radical (unpaired) electrons. The Kier molecular flexibility index (Phi) is 4.74. The van der Waals surface area contributed by atoms with E-state index in [0.717, 1.165) is 0 Å². The van der Waals surface area contributed by atoms with E-state index >= 15 is 0 Å². The van der Waals surface area contributed by atoms with E-state index < -0.39 is 0 Å². The fourth-order valence-corrected chi connectivity index (χ4v) is 1.40. The molecule has 11 heavy (non-hydrogen) atoms. The zero-order valence-corrected chi connectivity index (χ0v) is 8.78. The highest BCUT2D eigenvalue weighted by Gasteiger charge is 2.25. The van der Waals surface area contributed by atoms with E-state index in [1.165, 1.54) is 25.8 Å². The van der Waals surface area contributed by atoms with Crippen LogP contribution < -0.4 is 0 Å². The van der Waals surface area contributed by atoms with E-state index in [9.17, 15) is 0 Å². The smallest absolute Gasteiger partial charge is 0.0150 e. The van der Waals surface area contributed by atoms with Crippen LogP contribution >= 0.6 is 0 Å². The predicted molar refractivity (Wildman–Crippen MR) is 51.9 cm³/mol. The van der Waals surface area contributed by atoms with Crippen LogP contribution in [0, 0.1) is 0 Å². The summed E-state index contributed by atoms with van der Waals surface area (Å²) >= 11 is 0. The first-order chi connectivity index (χ1) is 5.13. The van der Waals surface area contributed by atoms with E-state index in [-0.39, 0.29) is 0 Å². The molecule has 1 nitrogen and oxygen atoms in total. The molecule has 1 fully saturated rings. The average Bonchev–Trinajstić information content (AvgIpc) is 2.00. The zero-order valence-electron chi connectivity index (χ0n) is 8.78. The number of rotatable bonds is 0. The van der Waals surface area contributed by atoms with E-state index in [4.69, 9.17) is 0 Å². The van der Waals surface area contributed by atoms with Gasteiger partial charge in [-0.15, -0.1) is 0 Å². The van der Waals surface area contributed by atoms with Gasteiger partial charge in [0.2, 0.25) is 0 Å². The molecule has 0 N–H and O–H groups in total. The summed E-state index contributed by atoms with van der Waals surface area (Å²) in [5.41, 5.74) is 0.470. The highest BCUT2D eigenvalue weighted by Crippen LogP contribution is 2.24. The molecular formula is C10H23N. The molecule has 0 aromatic rings. The lowest BCUT2D eigenvalue weighted by molar-refractivity contribution is 0.108. The minimum Gasteiger partial charge on any atom is -0.301 e. The maximum Gasteiger partial charge on any atom is 0.0150 e. The van der Waals surface area contributed by atoms with Crippen LogP contribution in [0.15, 0.2) is 0 Å². The van der Waals surface area contributed by atoms with Gasteiger partial charge in [-0.2, -0.15) is 0 Å². The lowest BCUT2D eigenvalue weighted by Gasteiger charge is -2.39. The molecule has 0 amide bonds. The molecule has 68 valence electrons. The second kappa shape index (κ2) is 4.76. The minimum atomic E-state index is 0.470. The number of piperidine rings is 1. The van der Waals surface area contributed by atoms with Crippen molar-refractivity contribution in [2.75, 3.05) is 13.6 Å². The quantitative estimate of drug-likeness (QED) is 0.522. The molecule has 0 bridgehead atoms. The predicted octanol–water partition coefficient (Wildman–Crippen LogP) is 2.91. The van der Waals surface area contributed by atoms with Crippen LogP contribution in [-0.4, -0.2) is 24.0 Å². The molecule has 0 spiro atoms. The Bertz CT molecular complexity index is 97.0. The van der Waals surface area contributed by atoms with Gasteiger partial charge < -0.3 is 4.90 Å². The van der Waals surface area contributed by atoms with Crippen LogP contribution in [0.5, 0.6) is 0 Å². The van der Waals surface area contributed by atoms with Gasteiger partial charge in [0.15, 0.2) is 0 Å². The highest BCUT2D eigenvalue weighted by atomic mass is 15.2. The molecule has 0 atom stereocenters. The molecule has 0 unspecified atom stereocenters. The topological polar surface area (TPSA) is 3.24 Å². The van der Waals surface area contributed by atoms with Gasteiger partial charge in [-0.25, -0.2) is 0 Å². The number of hydrogen-bond donors (Lipinski definition) is 0. The fraction of sp³-hybridized carbons (Fsp3) is 1.00. The van der Waals surface area contributed by atoms with E-state index in [0.29, 0.717) is 5.54 Å². The average molecular weight is 157 g/mol. The normalized spacial score (nSPS) is 23.7. The van der Waals surface area contributed by atoms with Crippen LogP contribution in [0.3, 0.4) is 0 Å². The molecule has 1 rings (SSSR count). The summed E-state index contributed by atoms with van der Waals surface area (Å²) in [6, 6.07) is 0. The van der Waals surface area contributed by atoms with Crippen molar-refractivity contribution in [3.05, 3.63) is 0 Å². The summed E-state index contributed by atoms with van der Waals surface area (Å²) in [5, 5.41) is 0. The molecule has 0 aliphatic carbocycles. The van der Waals surface area contributed by atoms with Crippen LogP contribution in [0.25, 0.3) is 0 Å². The van der Waals surface area contributed by atoms with Gasteiger partial charge in [0.05, 0.1) is 0 Å². The van der Waals surface area contributed by atoms with Gasteiger partial charge in [0.25, 0.3) is 0 Å². The van der Waals surface area contributed by atoms with Crippen LogP contribution in [0.1, 0.15) is 47.0 Å². The molecule has 0 aromatic heterocycles. The Morgan fingerprint density at radius 1 is 1.09 bits per heavy atom. The molecular weight excluding hydrogens is 134 g/mol. The van der Waals surface area contributed by atoms with Crippen molar-refractivity contribution in [2.24, 2.45) is 0 Å². The Hall–Kier alpha value is -0.0400. The molecule has 1 heterocycles. The van der Waals surface area contributed by atoms with Gasteiger partial charge in [0, 0.05) is 5.54 Å². The van der Waals surface area contributed by atoms with Crippen molar-refractivity contribution in [3.8, 4) is 0 Å². The van der Waals surface area contributed by atoms with E-state index in [1.807, 2.05) is 13.8 Å². The minimum absolute atomic E-state index is 0.470. The SMILES string of the molecule is CC.CN1CCCCC1(C)C. The van der Waals surface area contributed by atoms with Gasteiger partial charge in [0.1, 0.15) is 0 Å². The van der Waals surface area contributed by atoms with Crippen molar-refractivity contribution in [2.45, 2.75) is 52.5 Å². The van der Waals surface area contributed by atoms with Crippen molar-refractivity contribution in [3.63, 3.8) is 0 Å². The van der Waals surface area contributed by atoms with Gasteiger partial charge in [-0.3, -0.25) is 0 Å². The van der Waals surface area contributed by atoms with Crippen LogP contribution in [0.2, 0.25) is 0 Å². The number of nitrogens with zero attached hydrogens (tertiary/aromatic N) is 1. The fourth-order valence-electron chi connectivity index (χ4n) is 1.40. The second-order valence-corrected chi connectivity index (χ2v) is 3.69. The monoisotopic (exact) mass is 157 g/mol. The Morgan fingerprint density at radius 2 is 1.64 bits per heavy atom. The number of likely N-dealkylation sites (tertiary alicyclic amines) is 1. The molecule has 1 saturated heterocycles. The zero-order chi connectivity index (χ0) is 8.91. The third kappa shape index (κ3) is 3.24. The lowest BCUT2D eigenvalue weighted by atomic mass is 9.91. The third-order valence-electron chi connectivity index (χ3n) is 2.57. The number of hydrogen-bond acceptors (Lipinski definition) is 1. The first-order valence-corrected chi connectivity index (χ1v) is 4.84. The van der Waals surface area contributed by atoms with Crippen molar-refractivity contribution < 1.29 is 0 Å². The molecule has 0 aromatic carbocycles. The summed E-state index contributed by atoms with van der Waals surface area (Å²) in [6.07, 6.45) is 4.17. The van der Waals surface area contributed by atoms with Crippen molar-refractivity contribution in [1.82, 2.24) is 4.90 Å². The van der Waals surface area contributed by atoms with Crippen LogP contribution in [0.4, 0.5) is 0 Å². The summed E-state index contributed by atoms with van der Waals surface area (Å²) in [4.78, 5) is 2.45. The third-order valence-corrected chi connectivity index (χ3v) is 2.57. The standard InChI is InChI=1S/C8H17N.C2H6/c1-8(2)6-4-5-7-9(8)3;1-2/h4-7H2,1-3H3;1-2H3. The summed E-state index contributed by atoms with van der Waals surface area (Å²) in [5.74, 6) is 0. The lowest BCUT2D eigenvalue weighted by Crippen LogP contribution is -2.44. The van der Waals surface area contributed by atoms with Crippen LogP contribution in [-0.2, 0) is 0 Å². The molecule has 1 heteroatoms. The van der Waals surface area contributed by atoms with E-state index in [2.05, 4.69) is 25.8 Å². The maximum atomic E-state index is 2.45. The largest absolute Gasteiger partial charge is 0.301 e. The second-order valence-electron chi connectivity index (χ2n) is 3.69. The van der Waals surface area contributed by atoms with Crippen molar-refractivity contribution in [1.29, 1.82) is 0 Å². The summed E-state index contributed by atoms with van der Waals surface area (Å²) < 4.78 is 0. The van der Waals surface area contributed by atoms with Gasteiger partial charge >= 0.3 is 0 Å². The van der Waals surface area contributed by atoms with Gasteiger partial charge in [-0.05, 0) is 40.3 Å². The summed E-state index contributed by atoms with van der Waals surface area (Å²) in [6.45, 7) is 9.94.